The number of ether oxygens (including phenoxy) is 3. The van der Waals surface area contributed by atoms with Gasteiger partial charge in [0.25, 0.3) is 5.56 Å². The molecule has 206 valence electrons. The Balaban J connectivity index is 1.68. The maximum atomic E-state index is 13.7. The predicted molar refractivity (Wildman–Crippen MR) is 148 cm³/mol. The summed E-state index contributed by atoms with van der Waals surface area (Å²) >= 11 is 0. The summed E-state index contributed by atoms with van der Waals surface area (Å²) in [6.45, 7) is 8.06. The zero-order valence-corrected chi connectivity index (χ0v) is 23.2. The Bertz CT molecular complexity index is 1470. The molecule has 1 saturated heterocycles. The van der Waals surface area contributed by atoms with Crippen LogP contribution >= 0.6 is 0 Å². The van der Waals surface area contributed by atoms with Crippen molar-refractivity contribution in [2.75, 3.05) is 27.4 Å². The van der Waals surface area contributed by atoms with Crippen LogP contribution < -0.4 is 15.0 Å². The fourth-order valence-electron chi connectivity index (χ4n) is 5.15. The summed E-state index contributed by atoms with van der Waals surface area (Å²) in [7, 11) is 3.29. The van der Waals surface area contributed by atoms with Crippen LogP contribution in [0.25, 0.3) is 10.9 Å². The van der Waals surface area contributed by atoms with Crippen LogP contribution in [-0.2, 0) is 16.8 Å². The number of aromatic nitrogens is 5. The van der Waals surface area contributed by atoms with Crippen molar-refractivity contribution in [1.29, 1.82) is 0 Å². The zero-order chi connectivity index (χ0) is 27.6. The van der Waals surface area contributed by atoms with Gasteiger partial charge >= 0.3 is 0 Å². The number of aromatic amines is 1. The van der Waals surface area contributed by atoms with Gasteiger partial charge in [-0.1, -0.05) is 12.1 Å². The molecular formula is C29H36N6O4. The molecule has 0 aliphatic carbocycles. The maximum absolute atomic E-state index is 13.7. The van der Waals surface area contributed by atoms with Gasteiger partial charge in [-0.05, 0) is 86.0 Å². The van der Waals surface area contributed by atoms with E-state index < -0.39 is 11.6 Å². The number of tetrazole rings is 1. The zero-order valence-electron chi connectivity index (χ0n) is 23.2. The van der Waals surface area contributed by atoms with Gasteiger partial charge in [0.15, 0.2) is 5.82 Å². The summed E-state index contributed by atoms with van der Waals surface area (Å²) in [4.78, 5) is 19.1. The Morgan fingerprint density at radius 1 is 1.10 bits per heavy atom. The van der Waals surface area contributed by atoms with E-state index in [0.717, 1.165) is 41.7 Å². The van der Waals surface area contributed by atoms with Crippen molar-refractivity contribution in [3.63, 3.8) is 0 Å². The third-order valence-corrected chi connectivity index (χ3v) is 7.12. The van der Waals surface area contributed by atoms with E-state index >= 15 is 0 Å². The van der Waals surface area contributed by atoms with Gasteiger partial charge in [0.05, 0.1) is 25.9 Å². The highest BCUT2D eigenvalue weighted by Gasteiger charge is 2.35. The topological polar surface area (TPSA) is 107 Å². The van der Waals surface area contributed by atoms with Gasteiger partial charge in [-0.2, -0.15) is 0 Å². The summed E-state index contributed by atoms with van der Waals surface area (Å²) < 4.78 is 18.7. The van der Waals surface area contributed by atoms with Gasteiger partial charge in [-0.3, -0.25) is 9.69 Å². The lowest BCUT2D eigenvalue weighted by atomic mass is 10.00. The van der Waals surface area contributed by atoms with Gasteiger partial charge < -0.3 is 19.2 Å². The first-order valence-corrected chi connectivity index (χ1v) is 13.2. The molecule has 39 heavy (non-hydrogen) atoms. The van der Waals surface area contributed by atoms with Crippen molar-refractivity contribution in [1.82, 2.24) is 30.1 Å². The van der Waals surface area contributed by atoms with Crippen LogP contribution in [0.2, 0.25) is 0 Å². The normalized spacial score (nSPS) is 16.6. The molecule has 2 atom stereocenters. The molecule has 0 saturated carbocycles. The number of benzene rings is 2. The maximum Gasteiger partial charge on any atom is 0.253 e. The Hall–Kier alpha value is -3.76. The minimum absolute atomic E-state index is 0.0457. The van der Waals surface area contributed by atoms with Crippen LogP contribution in [0.3, 0.4) is 0 Å². The highest BCUT2D eigenvalue weighted by atomic mass is 16.5. The molecule has 3 heterocycles. The van der Waals surface area contributed by atoms with Crippen LogP contribution in [0.1, 0.15) is 56.6 Å². The SMILES string of the molecule is COc1ccc(CN(C[C@@H]2CCCO2)[C@@H](c2cc3cc(OC)ccc3[nH]c2=O)c2nnnn2C(C)(C)C)cc1. The molecule has 0 unspecified atom stereocenters. The van der Waals surface area contributed by atoms with Crippen LogP contribution in [0.5, 0.6) is 11.5 Å². The smallest absolute Gasteiger partial charge is 0.253 e. The second-order valence-corrected chi connectivity index (χ2v) is 10.9. The summed E-state index contributed by atoms with van der Waals surface area (Å²) in [5.74, 6) is 2.10. The summed E-state index contributed by atoms with van der Waals surface area (Å²) in [6.07, 6.45) is 2.02. The van der Waals surface area contributed by atoms with Crippen LogP contribution in [0.4, 0.5) is 0 Å². The standard InChI is InChI=1S/C29H36N6O4/c1-29(2,3)35-27(31-32-33-35)26(24-16-20-15-22(38-5)12-13-25(20)30-28(24)36)34(18-23-7-6-14-39-23)17-19-8-10-21(37-4)11-9-19/h8-13,15-16,23,26H,6-7,14,17-18H2,1-5H3,(H,30,36)/t23-,26-/m0/s1. The largest absolute Gasteiger partial charge is 0.497 e. The van der Waals surface area contributed by atoms with Gasteiger partial charge in [0.1, 0.15) is 17.5 Å². The fraction of sp³-hybridized carbons (Fsp3) is 0.448. The molecule has 0 spiro atoms. The average Bonchev–Trinajstić information content (AvgIpc) is 3.62. The van der Waals surface area contributed by atoms with Crippen molar-refractivity contribution in [3.8, 4) is 11.5 Å². The minimum atomic E-state index is -0.537. The van der Waals surface area contributed by atoms with Gasteiger partial charge in [0.2, 0.25) is 0 Å². The van der Waals surface area contributed by atoms with E-state index in [1.165, 1.54) is 0 Å². The molecule has 1 aliphatic heterocycles. The predicted octanol–water partition coefficient (Wildman–Crippen LogP) is 4.06. The Morgan fingerprint density at radius 3 is 2.51 bits per heavy atom. The number of hydrogen-bond acceptors (Lipinski definition) is 8. The van der Waals surface area contributed by atoms with E-state index in [4.69, 9.17) is 14.2 Å². The van der Waals surface area contributed by atoms with Crippen LogP contribution in [-0.4, -0.2) is 63.6 Å². The van der Waals surface area contributed by atoms with Crippen molar-refractivity contribution < 1.29 is 14.2 Å². The third kappa shape index (κ3) is 5.81. The third-order valence-electron chi connectivity index (χ3n) is 7.12. The average molecular weight is 533 g/mol. The lowest BCUT2D eigenvalue weighted by Gasteiger charge is -2.34. The molecule has 1 N–H and O–H groups in total. The van der Waals surface area contributed by atoms with Gasteiger partial charge in [-0.15, -0.1) is 5.10 Å². The Kier molecular flexibility index (Phi) is 7.67. The van der Waals surface area contributed by atoms with Gasteiger partial charge in [0, 0.05) is 36.2 Å². The number of pyridine rings is 1. The van der Waals surface area contributed by atoms with Crippen molar-refractivity contribution in [2.45, 2.75) is 57.8 Å². The van der Waals surface area contributed by atoms with E-state index in [-0.39, 0.29) is 11.7 Å². The molecule has 4 aromatic rings. The molecule has 1 aliphatic rings. The van der Waals surface area contributed by atoms with Crippen LogP contribution in [0, 0.1) is 0 Å². The van der Waals surface area contributed by atoms with E-state index in [1.807, 2.05) is 74.0 Å². The van der Waals surface area contributed by atoms with Crippen molar-refractivity contribution >= 4 is 10.9 Å². The number of methoxy groups -OCH3 is 2. The molecule has 0 bridgehead atoms. The summed E-state index contributed by atoms with van der Waals surface area (Å²) in [5, 5.41) is 13.8. The highest BCUT2D eigenvalue weighted by Crippen LogP contribution is 2.32. The first-order chi connectivity index (χ1) is 18.8. The minimum Gasteiger partial charge on any atom is -0.497 e. The fourth-order valence-corrected chi connectivity index (χ4v) is 5.15. The summed E-state index contributed by atoms with van der Waals surface area (Å²) in [5.41, 5.74) is 1.78. The Morgan fingerprint density at radius 2 is 1.85 bits per heavy atom. The molecule has 10 heteroatoms. The van der Waals surface area contributed by atoms with E-state index in [9.17, 15) is 4.79 Å². The molecule has 0 amide bonds. The quantitative estimate of drug-likeness (QED) is 0.344. The van der Waals surface area contributed by atoms with E-state index in [1.54, 1.807) is 14.2 Å². The first kappa shape index (κ1) is 26.8. The number of hydrogen-bond donors (Lipinski definition) is 1. The van der Waals surface area contributed by atoms with Gasteiger partial charge in [-0.25, -0.2) is 4.68 Å². The molecule has 1 fully saturated rings. The summed E-state index contributed by atoms with van der Waals surface area (Å²) in [6, 6.07) is 15.0. The monoisotopic (exact) mass is 532 g/mol. The molecule has 2 aromatic heterocycles. The number of nitrogens with zero attached hydrogens (tertiary/aromatic N) is 5. The second-order valence-electron chi connectivity index (χ2n) is 10.9. The number of nitrogens with one attached hydrogen (secondary N) is 1. The molecule has 10 nitrogen and oxygen atoms in total. The van der Waals surface area contributed by atoms with Crippen molar-refractivity contribution in [3.05, 3.63) is 75.8 Å². The molecule has 0 radical (unpaired) electrons. The first-order valence-electron chi connectivity index (χ1n) is 13.2. The van der Waals surface area contributed by atoms with Crippen LogP contribution in [0.15, 0.2) is 53.3 Å². The number of rotatable bonds is 9. The molecule has 5 rings (SSSR count). The lowest BCUT2D eigenvalue weighted by Crippen LogP contribution is -2.40. The lowest BCUT2D eigenvalue weighted by molar-refractivity contribution is 0.0564. The van der Waals surface area contributed by atoms with E-state index in [2.05, 4.69) is 25.4 Å². The Labute approximate surface area is 227 Å². The second kappa shape index (κ2) is 11.2. The molecule has 2 aromatic carbocycles. The van der Waals surface area contributed by atoms with E-state index in [0.29, 0.717) is 30.2 Å². The number of H-pyrrole nitrogens is 1. The highest BCUT2D eigenvalue weighted by molar-refractivity contribution is 5.80. The van der Waals surface area contributed by atoms with Crippen molar-refractivity contribution in [2.24, 2.45) is 0 Å². The number of fused-ring (bicyclic) bond motifs is 1. The molecular weight excluding hydrogens is 496 g/mol.